The fourth-order valence-corrected chi connectivity index (χ4v) is 3.32. The number of aliphatic hydroxyl groups is 1. The SMILES string of the molecule is CCCn1cc(S(=O)(=O)NCC(CC)CC)cc1CO. The first-order valence-corrected chi connectivity index (χ1v) is 8.76. The summed E-state index contributed by atoms with van der Waals surface area (Å²) in [6, 6.07) is 1.55. The molecule has 0 saturated heterocycles. The third-order valence-corrected chi connectivity index (χ3v) is 5.00. The molecule has 1 aromatic rings. The third kappa shape index (κ3) is 4.33. The number of hydrogen-bond donors (Lipinski definition) is 2. The normalized spacial score (nSPS) is 12.2. The molecule has 0 aliphatic carbocycles. The van der Waals surface area contributed by atoms with Gasteiger partial charge in [0.05, 0.1) is 11.5 Å². The van der Waals surface area contributed by atoms with E-state index < -0.39 is 10.0 Å². The number of aryl methyl sites for hydroxylation is 1. The van der Waals surface area contributed by atoms with Crippen LogP contribution in [0.1, 0.15) is 45.7 Å². The summed E-state index contributed by atoms with van der Waals surface area (Å²) in [7, 11) is -3.49. The lowest BCUT2D eigenvalue weighted by Crippen LogP contribution is -2.28. The Kier molecular flexibility index (Phi) is 6.71. The van der Waals surface area contributed by atoms with Gasteiger partial charge in [0.2, 0.25) is 10.0 Å². The fraction of sp³-hybridized carbons (Fsp3) is 0.714. The van der Waals surface area contributed by atoms with Crippen molar-refractivity contribution in [1.29, 1.82) is 0 Å². The van der Waals surface area contributed by atoms with Crippen molar-refractivity contribution in [3.8, 4) is 0 Å². The Morgan fingerprint density at radius 3 is 2.45 bits per heavy atom. The van der Waals surface area contributed by atoms with Crippen molar-refractivity contribution in [1.82, 2.24) is 9.29 Å². The van der Waals surface area contributed by atoms with Crippen LogP contribution >= 0.6 is 0 Å². The van der Waals surface area contributed by atoms with Gasteiger partial charge in [-0.15, -0.1) is 0 Å². The Bertz CT molecular complexity index is 504. The lowest BCUT2D eigenvalue weighted by molar-refractivity contribution is 0.270. The third-order valence-electron chi connectivity index (χ3n) is 3.61. The highest BCUT2D eigenvalue weighted by molar-refractivity contribution is 7.89. The molecule has 0 amide bonds. The molecule has 1 aromatic heterocycles. The minimum atomic E-state index is -3.49. The molecule has 0 aromatic carbocycles. The highest BCUT2D eigenvalue weighted by Gasteiger charge is 2.19. The van der Waals surface area contributed by atoms with Gasteiger partial charge in [0.1, 0.15) is 0 Å². The van der Waals surface area contributed by atoms with E-state index in [1.54, 1.807) is 16.8 Å². The minimum Gasteiger partial charge on any atom is -0.390 e. The zero-order valence-electron chi connectivity index (χ0n) is 12.6. The molecule has 0 aliphatic heterocycles. The molecule has 5 nitrogen and oxygen atoms in total. The van der Waals surface area contributed by atoms with Gasteiger partial charge in [0.15, 0.2) is 0 Å². The molecule has 0 saturated carbocycles. The second kappa shape index (κ2) is 7.81. The molecule has 0 bridgehead atoms. The van der Waals surface area contributed by atoms with Crippen LogP contribution in [0.15, 0.2) is 17.2 Å². The number of nitrogens with one attached hydrogen (secondary N) is 1. The van der Waals surface area contributed by atoms with Crippen LogP contribution in [0.2, 0.25) is 0 Å². The van der Waals surface area contributed by atoms with Crippen LogP contribution in [-0.2, 0) is 23.2 Å². The second-order valence-corrected chi connectivity index (χ2v) is 6.82. The van der Waals surface area contributed by atoms with E-state index in [9.17, 15) is 13.5 Å². The van der Waals surface area contributed by atoms with Crippen molar-refractivity contribution in [2.45, 2.75) is 58.1 Å². The van der Waals surface area contributed by atoms with Crippen LogP contribution in [0.25, 0.3) is 0 Å². The fourth-order valence-electron chi connectivity index (χ4n) is 2.14. The monoisotopic (exact) mass is 302 g/mol. The predicted molar refractivity (Wildman–Crippen MR) is 79.9 cm³/mol. The molecule has 6 heteroatoms. The highest BCUT2D eigenvalue weighted by atomic mass is 32.2. The highest BCUT2D eigenvalue weighted by Crippen LogP contribution is 2.16. The van der Waals surface area contributed by atoms with E-state index in [0.29, 0.717) is 24.7 Å². The van der Waals surface area contributed by atoms with Crippen LogP contribution in [0, 0.1) is 5.92 Å². The first kappa shape index (κ1) is 17.2. The first-order chi connectivity index (χ1) is 9.48. The summed E-state index contributed by atoms with van der Waals surface area (Å²) >= 11 is 0. The van der Waals surface area contributed by atoms with E-state index >= 15 is 0 Å². The van der Waals surface area contributed by atoms with Crippen LogP contribution in [0.5, 0.6) is 0 Å². The molecule has 0 spiro atoms. The molecule has 1 rings (SSSR count). The quantitative estimate of drug-likeness (QED) is 0.734. The van der Waals surface area contributed by atoms with Gasteiger partial charge in [-0.2, -0.15) is 0 Å². The summed E-state index contributed by atoms with van der Waals surface area (Å²) in [5.74, 6) is 0.361. The maximum absolute atomic E-state index is 12.2. The number of rotatable bonds is 9. The molecule has 0 atom stereocenters. The van der Waals surface area contributed by atoms with Gasteiger partial charge in [-0.3, -0.25) is 0 Å². The molecular weight excluding hydrogens is 276 g/mol. The van der Waals surface area contributed by atoms with Crippen LogP contribution in [0.3, 0.4) is 0 Å². The molecule has 0 unspecified atom stereocenters. The maximum atomic E-state index is 12.2. The van der Waals surface area contributed by atoms with Gasteiger partial charge in [-0.05, 0) is 18.4 Å². The number of nitrogens with zero attached hydrogens (tertiary/aromatic N) is 1. The Balaban J connectivity index is 2.86. The van der Waals surface area contributed by atoms with Gasteiger partial charge >= 0.3 is 0 Å². The average molecular weight is 302 g/mol. The Labute approximate surface area is 122 Å². The van der Waals surface area contributed by atoms with Gasteiger partial charge in [-0.1, -0.05) is 33.6 Å². The molecule has 20 heavy (non-hydrogen) atoms. The van der Waals surface area contributed by atoms with Crippen molar-refractivity contribution in [2.24, 2.45) is 5.92 Å². The van der Waals surface area contributed by atoms with E-state index in [1.807, 2.05) is 6.92 Å². The number of sulfonamides is 1. The molecule has 2 N–H and O–H groups in total. The summed E-state index contributed by atoms with van der Waals surface area (Å²) in [4.78, 5) is 0.237. The van der Waals surface area contributed by atoms with E-state index in [2.05, 4.69) is 18.6 Å². The average Bonchev–Trinajstić information content (AvgIpc) is 2.84. The number of hydrogen-bond acceptors (Lipinski definition) is 3. The summed E-state index contributed by atoms with van der Waals surface area (Å²) < 4.78 is 29.0. The van der Waals surface area contributed by atoms with Gasteiger partial charge in [-0.25, -0.2) is 13.1 Å². The summed E-state index contributed by atoms with van der Waals surface area (Å²) in [6.45, 7) is 7.15. The Morgan fingerprint density at radius 2 is 1.95 bits per heavy atom. The number of aliphatic hydroxyl groups excluding tert-OH is 1. The summed E-state index contributed by atoms with van der Waals surface area (Å²) in [5, 5.41) is 9.28. The zero-order chi connectivity index (χ0) is 15.2. The zero-order valence-corrected chi connectivity index (χ0v) is 13.4. The van der Waals surface area contributed by atoms with Gasteiger partial charge in [0, 0.05) is 25.0 Å². The van der Waals surface area contributed by atoms with Gasteiger partial charge < -0.3 is 9.67 Å². The van der Waals surface area contributed by atoms with E-state index in [-0.39, 0.29) is 11.5 Å². The lowest BCUT2D eigenvalue weighted by atomic mass is 10.0. The Morgan fingerprint density at radius 1 is 1.30 bits per heavy atom. The van der Waals surface area contributed by atoms with Gasteiger partial charge in [0.25, 0.3) is 0 Å². The number of aromatic nitrogens is 1. The molecular formula is C14H26N2O3S. The van der Waals surface area contributed by atoms with E-state index in [4.69, 9.17) is 0 Å². The molecule has 1 heterocycles. The summed E-state index contributed by atoms with van der Waals surface area (Å²) in [5.41, 5.74) is 0.634. The maximum Gasteiger partial charge on any atom is 0.242 e. The largest absolute Gasteiger partial charge is 0.390 e. The summed E-state index contributed by atoms with van der Waals surface area (Å²) in [6.07, 6.45) is 4.40. The lowest BCUT2D eigenvalue weighted by Gasteiger charge is -2.12. The van der Waals surface area contributed by atoms with Crippen LogP contribution in [-0.4, -0.2) is 24.6 Å². The molecule has 0 radical (unpaired) electrons. The second-order valence-electron chi connectivity index (χ2n) is 5.05. The topological polar surface area (TPSA) is 71.3 Å². The van der Waals surface area contributed by atoms with Crippen molar-refractivity contribution >= 4 is 10.0 Å². The molecule has 0 aliphatic rings. The van der Waals surface area contributed by atoms with Crippen LogP contribution in [0.4, 0.5) is 0 Å². The van der Waals surface area contributed by atoms with Crippen LogP contribution < -0.4 is 4.72 Å². The van der Waals surface area contributed by atoms with Crippen molar-refractivity contribution < 1.29 is 13.5 Å². The standard InChI is InChI=1S/C14H26N2O3S/c1-4-7-16-10-14(8-13(16)11-17)20(18,19)15-9-12(5-2)6-3/h8,10,12,15,17H,4-7,9,11H2,1-3H3. The van der Waals surface area contributed by atoms with Crippen molar-refractivity contribution in [3.05, 3.63) is 18.0 Å². The molecule has 0 fully saturated rings. The predicted octanol–water partition coefficient (Wildman–Crippen LogP) is 2.10. The first-order valence-electron chi connectivity index (χ1n) is 7.28. The smallest absolute Gasteiger partial charge is 0.242 e. The van der Waals surface area contributed by atoms with E-state index in [0.717, 1.165) is 19.3 Å². The van der Waals surface area contributed by atoms with Crippen molar-refractivity contribution in [3.63, 3.8) is 0 Å². The molecule has 116 valence electrons. The van der Waals surface area contributed by atoms with Crippen molar-refractivity contribution in [2.75, 3.05) is 6.54 Å². The Hall–Kier alpha value is -0.850. The minimum absolute atomic E-state index is 0.151. The van der Waals surface area contributed by atoms with E-state index in [1.165, 1.54) is 0 Å².